The van der Waals surface area contributed by atoms with Crippen LogP contribution in [0.4, 0.5) is 5.82 Å². The van der Waals surface area contributed by atoms with Crippen molar-refractivity contribution in [2.45, 2.75) is 11.7 Å². The second-order valence-corrected chi connectivity index (χ2v) is 8.28. The summed E-state index contributed by atoms with van der Waals surface area (Å²) in [4.78, 5) is 9.14. The summed E-state index contributed by atoms with van der Waals surface area (Å²) < 4.78 is 1.72. The third-order valence-corrected chi connectivity index (χ3v) is 5.87. The van der Waals surface area contributed by atoms with Crippen molar-refractivity contribution in [2.24, 2.45) is 5.10 Å². The summed E-state index contributed by atoms with van der Waals surface area (Å²) in [5.74, 6) is 3.55. The van der Waals surface area contributed by atoms with Crippen LogP contribution < -0.4 is 5.43 Å². The molecule has 0 saturated heterocycles. The van der Waals surface area contributed by atoms with Gasteiger partial charge >= 0.3 is 0 Å². The van der Waals surface area contributed by atoms with Crippen LogP contribution in [-0.4, -0.2) is 42.0 Å². The Morgan fingerprint density at radius 3 is 2.74 bits per heavy atom. The van der Waals surface area contributed by atoms with Crippen LogP contribution in [0.25, 0.3) is 21.9 Å². The van der Waals surface area contributed by atoms with E-state index in [0.717, 1.165) is 16.3 Å². The summed E-state index contributed by atoms with van der Waals surface area (Å²) in [6.07, 6.45) is 6.99. The zero-order valence-electron chi connectivity index (χ0n) is 18.0. The second-order valence-electron chi connectivity index (χ2n) is 7.34. The van der Waals surface area contributed by atoms with Crippen molar-refractivity contribution >= 4 is 45.7 Å². The van der Waals surface area contributed by atoms with Gasteiger partial charge in [0.25, 0.3) is 0 Å². The standard InChI is InChI=1S/C25H19N7OS/c1-2-14-34-25-27-23(22-24(28-25)32(31-29-22)16-17-8-4-3-5-9-17)30-26-15-20-19-11-7-6-10-18(19)12-13-21(20)33/h1,3-13,15,33H,14,16H2,(H,27,28,30)/b26-15+. The minimum atomic E-state index is 0.135. The van der Waals surface area contributed by atoms with Gasteiger partial charge in [-0.05, 0) is 22.4 Å². The van der Waals surface area contributed by atoms with Gasteiger partial charge in [0.1, 0.15) is 5.75 Å². The summed E-state index contributed by atoms with van der Waals surface area (Å²) in [7, 11) is 0. The molecule has 9 heteroatoms. The van der Waals surface area contributed by atoms with Crippen molar-refractivity contribution in [3.05, 3.63) is 77.9 Å². The van der Waals surface area contributed by atoms with Gasteiger partial charge in [0.2, 0.25) is 0 Å². The summed E-state index contributed by atoms with van der Waals surface area (Å²) in [6, 6.07) is 21.2. The molecular weight excluding hydrogens is 446 g/mol. The first-order chi connectivity index (χ1) is 16.7. The highest BCUT2D eigenvalue weighted by atomic mass is 32.2. The topological polar surface area (TPSA) is 101 Å². The van der Waals surface area contributed by atoms with Crippen LogP contribution in [0.5, 0.6) is 5.75 Å². The molecule has 5 rings (SSSR count). The first-order valence-corrected chi connectivity index (χ1v) is 11.4. The SMILES string of the molecule is C#CCSc1nc(N/N=C/c2c(O)ccc3ccccc23)c2nnn(Cc3ccccc3)c2n1. The lowest BCUT2D eigenvalue weighted by atomic mass is 10.0. The number of anilines is 1. The Labute approximate surface area is 199 Å². The Balaban J connectivity index is 1.50. The zero-order valence-corrected chi connectivity index (χ0v) is 18.8. The number of aromatic nitrogens is 5. The fourth-order valence-corrected chi connectivity index (χ4v) is 4.04. The number of thioether (sulfide) groups is 1. The molecule has 0 saturated carbocycles. The van der Waals surface area contributed by atoms with Crippen LogP contribution in [0, 0.1) is 12.3 Å². The Morgan fingerprint density at radius 2 is 1.88 bits per heavy atom. The van der Waals surface area contributed by atoms with E-state index in [0.29, 0.717) is 40.0 Å². The minimum absolute atomic E-state index is 0.135. The number of nitrogens with zero attached hydrogens (tertiary/aromatic N) is 6. The summed E-state index contributed by atoms with van der Waals surface area (Å²) in [5, 5.41) is 25.6. The van der Waals surface area contributed by atoms with E-state index in [-0.39, 0.29) is 5.75 Å². The number of rotatable bonds is 7. The lowest BCUT2D eigenvalue weighted by molar-refractivity contribution is 0.475. The molecule has 2 heterocycles. The molecule has 0 radical (unpaired) electrons. The Morgan fingerprint density at radius 1 is 1.06 bits per heavy atom. The van der Waals surface area contributed by atoms with Gasteiger partial charge in [-0.2, -0.15) is 5.10 Å². The number of aromatic hydroxyl groups is 1. The number of hydrogen-bond donors (Lipinski definition) is 2. The van der Waals surface area contributed by atoms with E-state index in [2.05, 4.69) is 36.7 Å². The number of terminal acetylenes is 1. The molecule has 0 atom stereocenters. The number of phenolic OH excluding ortho intramolecular Hbond substituents is 1. The Bertz CT molecular complexity index is 1540. The summed E-state index contributed by atoms with van der Waals surface area (Å²) >= 11 is 1.34. The third-order valence-electron chi connectivity index (χ3n) is 5.11. The average molecular weight is 466 g/mol. The van der Waals surface area contributed by atoms with E-state index in [9.17, 15) is 5.11 Å². The Kier molecular flexibility index (Phi) is 6.05. The molecule has 0 aliphatic carbocycles. The maximum Gasteiger partial charge on any atom is 0.192 e. The molecule has 34 heavy (non-hydrogen) atoms. The number of nitrogens with one attached hydrogen (secondary N) is 1. The van der Waals surface area contributed by atoms with E-state index in [1.165, 1.54) is 11.8 Å². The molecule has 0 aliphatic heterocycles. The number of hydrazone groups is 1. The maximum atomic E-state index is 10.4. The molecule has 0 amide bonds. The number of phenols is 1. The smallest absolute Gasteiger partial charge is 0.192 e. The van der Waals surface area contributed by atoms with Crippen molar-refractivity contribution in [3.63, 3.8) is 0 Å². The molecule has 8 nitrogen and oxygen atoms in total. The van der Waals surface area contributed by atoms with Crippen molar-refractivity contribution in [1.82, 2.24) is 25.0 Å². The van der Waals surface area contributed by atoms with Crippen molar-refractivity contribution in [1.29, 1.82) is 0 Å². The van der Waals surface area contributed by atoms with Gasteiger partial charge in [-0.25, -0.2) is 14.6 Å². The zero-order chi connectivity index (χ0) is 23.3. The predicted molar refractivity (Wildman–Crippen MR) is 135 cm³/mol. The maximum absolute atomic E-state index is 10.4. The summed E-state index contributed by atoms with van der Waals surface area (Å²) in [5.41, 5.74) is 5.68. The van der Waals surface area contributed by atoms with Gasteiger partial charge in [0.15, 0.2) is 22.1 Å². The molecule has 2 N–H and O–H groups in total. The molecule has 0 unspecified atom stereocenters. The van der Waals surface area contributed by atoms with Gasteiger partial charge in [0, 0.05) is 5.56 Å². The summed E-state index contributed by atoms with van der Waals surface area (Å²) in [6.45, 7) is 0.514. The van der Waals surface area contributed by atoms with Crippen LogP contribution in [0.15, 0.2) is 77.0 Å². The number of hydrogen-bond acceptors (Lipinski definition) is 8. The van der Waals surface area contributed by atoms with Gasteiger partial charge in [0.05, 0.1) is 18.5 Å². The highest BCUT2D eigenvalue weighted by Gasteiger charge is 2.15. The van der Waals surface area contributed by atoms with Crippen molar-refractivity contribution in [2.75, 3.05) is 11.2 Å². The first-order valence-electron chi connectivity index (χ1n) is 10.4. The van der Waals surface area contributed by atoms with Gasteiger partial charge in [-0.1, -0.05) is 83.6 Å². The first kappa shape index (κ1) is 21.4. The third kappa shape index (κ3) is 4.40. The van der Waals surface area contributed by atoms with Crippen LogP contribution in [0.3, 0.4) is 0 Å². The van der Waals surface area contributed by atoms with E-state index in [4.69, 9.17) is 6.42 Å². The quantitative estimate of drug-likeness (QED) is 0.121. The molecule has 2 aromatic heterocycles. The normalized spacial score (nSPS) is 11.3. The van der Waals surface area contributed by atoms with Gasteiger partial charge in [-0.15, -0.1) is 11.5 Å². The number of benzene rings is 3. The van der Waals surface area contributed by atoms with Crippen LogP contribution in [0.2, 0.25) is 0 Å². The van der Waals surface area contributed by atoms with Crippen LogP contribution >= 0.6 is 11.8 Å². The van der Waals surface area contributed by atoms with Crippen molar-refractivity contribution < 1.29 is 5.11 Å². The monoisotopic (exact) mass is 465 g/mol. The Hall–Kier alpha value is -4.42. The molecule has 0 bridgehead atoms. The molecule has 0 fully saturated rings. The van der Waals surface area contributed by atoms with Gasteiger partial charge in [-0.3, -0.25) is 5.43 Å². The lowest BCUT2D eigenvalue weighted by Gasteiger charge is -2.06. The van der Waals surface area contributed by atoms with Gasteiger partial charge < -0.3 is 5.11 Å². The van der Waals surface area contributed by atoms with Crippen LogP contribution in [-0.2, 0) is 6.54 Å². The minimum Gasteiger partial charge on any atom is -0.507 e. The highest BCUT2D eigenvalue weighted by Crippen LogP contribution is 2.26. The lowest BCUT2D eigenvalue weighted by Crippen LogP contribution is -2.04. The number of fused-ring (bicyclic) bond motifs is 2. The second kappa shape index (κ2) is 9.60. The van der Waals surface area contributed by atoms with Crippen molar-refractivity contribution in [3.8, 4) is 18.1 Å². The fraction of sp³-hybridized carbons (Fsp3) is 0.0800. The van der Waals surface area contributed by atoms with E-state index >= 15 is 0 Å². The van der Waals surface area contributed by atoms with E-state index in [1.54, 1.807) is 17.0 Å². The highest BCUT2D eigenvalue weighted by molar-refractivity contribution is 7.99. The molecule has 0 aliphatic rings. The fourth-order valence-electron chi connectivity index (χ4n) is 3.53. The van der Waals surface area contributed by atoms with Crippen LogP contribution in [0.1, 0.15) is 11.1 Å². The van der Waals surface area contributed by atoms with E-state index < -0.39 is 0 Å². The molecule has 0 spiro atoms. The van der Waals surface area contributed by atoms with E-state index in [1.807, 2.05) is 60.7 Å². The molecule has 3 aromatic carbocycles. The molecular formula is C25H19N7OS. The molecule has 166 valence electrons. The average Bonchev–Trinajstić information content (AvgIpc) is 3.27. The molecule has 5 aromatic rings. The largest absolute Gasteiger partial charge is 0.507 e. The predicted octanol–water partition coefficient (Wildman–Crippen LogP) is 4.30.